The maximum absolute atomic E-state index is 11.4. The molecule has 19 heavy (non-hydrogen) atoms. The predicted molar refractivity (Wildman–Crippen MR) is 74.6 cm³/mol. The number of carbonyl (C=O) groups excluding carboxylic acids is 1. The van der Waals surface area contributed by atoms with Gasteiger partial charge in [0.2, 0.25) is 5.91 Å². The van der Waals surface area contributed by atoms with Crippen LogP contribution in [0.15, 0.2) is 0 Å². The van der Waals surface area contributed by atoms with Crippen LogP contribution in [0, 0.1) is 0 Å². The molecule has 0 aliphatic rings. The van der Waals surface area contributed by atoms with E-state index in [0.29, 0.717) is 32.4 Å². The second-order valence-electron chi connectivity index (χ2n) is 4.74. The molecule has 0 aromatic rings. The highest BCUT2D eigenvalue weighted by Gasteiger charge is 2.10. The SMILES string of the molecule is NCCCCCCC(=O)NCCCC[C@H](N)C(=O)O. The second-order valence-corrected chi connectivity index (χ2v) is 4.74. The Bertz CT molecular complexity index is 260. The minimum atomic E-state index is -0.971. The molecule has 0 saturated heterocycles. The van der Waals surface area contributed by atoms with Gasteiger partial charge in [-0.25, -0.2) is 0 Å². The first-order chi connectivity index (χ1) is 9.07. The zero-order chi connectivity index (χ0) is 14.5. The van der Waals surface area contributed by atoms with Crippen LogP contribution in [0.3, 0.4) is 0 Å². The molecule has 0 rings (SSSR count). The number of unbranched alkanes of at least 4 members (excludes halogenated alkanes) is 4. The van der Waals surface area contributed by atoms with E-state index in [1.165, 1.54) is 0 Å². The average Bonchev–Trinajstić information content (AvgIpc) is 2.37. The predicted octanol–water partition coefficient (Wildman–Crippen LogP) is 0.594. The van der Waals surface area contributed by atoms with Crippen LogP contribution in [0.5, 0.6) is 0 Å². The van der Waals surface area contributed by atoms with Gasteiger partial charge in [-0.2, -0.15) is 0 Å². The smallest absolute Gasteiger partial charge is 0.320 e. The second kappa shape index (κ2) is 11.9. The summed E-state index contributed by atoms with van der Waals surface area (Å²) in [6, 6.07) is -0.793. The Balaban J connectivity index is 3.31. The number of hydrogen-bond acceptors (Lipinski definition) is 4. The lowest BCUT2D eigenvalue weighted by atomic mass is 10.1. The van der Waals surface area contributed by atoms with Gasteiger partial charge in [-0.05, 0) is 38.6 Å². The minimum absolute atomic E-state index is 0.0651. The standard InChI is InChI=1S/C13H27N3O3/c14-9-5-2-1-3-8-12(17)16-10-6-4-7-11(15)13(18)19/h11H,1-10,14-15H2,(H,16,17)(H,18,19)/t11-/m0/s1. The molecule has 0 fully saturated rings. The van der Waals surface area contributed by atoms with Gasteiger partial charge in [0, 0.05) is 13.0 Å². The molecule has 0 spiro atoms. The van der Waals surface area contributed by atoms with E-state index in [1.54, 1.807) is 0 Å². The van der Waals surface area contributed by atoms with Gasteiger partial charge in [-0.15, -0.1) is 0 Å². The van der Waals surface area contributed by atoms with Gasteiger partial charge in [0.25, 0.3) is 0 Å². The fourth-order valence-electron chi connectivity index (χ4n) is 1.71. The molecule has 0 aromatic carbocycles. The van der Waals surface area contributed by atoms with E-state index in [1.807, 2.05) is 0 Å². The fraction of sp³-hybridized carbons (Fsp3) is 0.846. The number of carbonyl (C=O) groups is 2. The minimum Gasteiger partial charge on any atom is -0.480 e. The number of nitrogens with two attached hydrogens (primary N) is 2. The number of nitrogens with one attached hydrogen (secondary N) is 1. The molecule has 1 atom stereocenters. The molecule has 0 aromatic heterocycles. The van der Waals surface area contributed by atoms with E-state index < -0.39 is 12.0 Å². The van der Waals surface area contributed by atoms with E-state index in [2.05, 4.69) is 5.32 Å². The molecule has 0 aliphatic heterocycles. The lowest BCUT2D eigenvalue weighted by Crippen LogP contribution is -2.30. The molecule has 112 valence electrons. The zero-order valence-corrected chi connectivity index (χ0v) is 11.6. The molecule has 0 saturated carbocycles. The number of rotatable bonds is 12. The van der Waals surface area contributed by atoms with Crippen molar-refractivity contribution in [2.24, 2.45) is 11.5 Å². The van der Waals surface area contributed by atoms with Gasteiger partial charge in [0.05, 0.1) is 0 Å². The van der Waals surface area contributed by atoms with E-state index in [4.69, 9.17) is 16.6 Å². The first-order valence-corrected chi connectivity index (χ1v) is 7.03. The Hall–Kier alpha value is -1.14. The maximum Gasteiger partial charge on any atom is 0.320 e. The topological polar surface area (TPSA) is 118 Å². The van der Waals surface area contributed by atoms with Gasteiger partial charge in [0.15, 0.2) is 0 Å². The lowest BCUT2D eigenvalue weighted by molar-refractivity contribution is -0.138. The van der Waals surface area contributed by atoms with Crippen molar-refractivity contribution in [2.75, 3.05) is 13.1 Å². The number of carboxylic acid groups (broad SMARTS) is 1. The molecule has 6 N–H and O–H groups in total. The summed E-state index contributed by atoms with van der Waals surface area (Å²) >= 11 is 0. The summed E-state index contributed by atoms with van der Waals surface area (Å²) in [6.07, 6.45) is 6.52. The lowest BCUT2D eigenvalue weighted by Gasteiger charge is -2.07. The highest BCUT2D eigenvalue weighted by Crippen LogP contribution is 2.02. The summed E-state index contributed by atoms with van der Waals surface area (Å²) in [7, 11) is 0. The first-order valence-electron chi connectivity index (χ1n) is 7.03. The first kappa shape index (κ1) is 17.9. The molecule has 0 aliphatic carbocycles. The molecular weight excluding hydrogens is 246 g/mol. The van der Waals surface area contributed by atoms with Gasteiger partial charge in [-0.3, -0.25) is 9.59 Å². The quantitative estimate of drug-likeness (QED) is 0.388. The average molecular weight is 273 g/mol. The van der Waals surface area contributed by atoms with Crippen molar-refractivity contribution in [1.29, 1.82) is 0 Å². The van der Waals surface area contributed by atoms with Gasteiger partial charge in [-0.1, -0.05) is 12.8 Å². The van der Waals surface area contributed by atoms with Crippen LogP contribution < -0.4 is 16.8 Å². The summed E-state index contributed by atoms with van der Waals surface area (Å²) in [5, 5.41) is 11.4. The van der Waals surface area contributed by atoms with Crippen molar-refractivity contribution in [2.45, 2.75) is 57.4 Å². The van der Waals surface area contributed by atoms with Crippen LogP contribution in [0.25, 0.3) is 0 Å². The van der Waals surface area contributed by atoms with Crippen LogP contribution in [0.1, 0.15) is 51.4 Å². The van der Waals surface area contributed by atoms with E-state index in [0.717, 1.165) is 32.1 Å². The third-order valence-electron chi connectivity index (χ3n) is 2.94. The normalized spacial score (nSPS) is 12.1. The highest BCUT2D eigenvalue weighted by atomic mass is 16.4. The summed E-state index contributed by atoms with van der Waals surface area (Å²) in [6.45, 7) is 1.30. The largest absolute Gasteiger partial charge is 0.480 e. The van der Waals surface area contributed by atoms with Crippen molar-refractivity contribution >= 4 is 11.9 Å². The number of carboxylic acids is 1. The summed E-state index contributed by atoms with van der Waals surface area (Å²) < 4.78 is 0. The van der Waals surface area contributed by atoms with Crippen molar-refractivity contribution < 1.29 is 14.7 Å². The number of hydrogen-bond donors (Lipinski definition) is 4. The van der Waals surface area contributed by atoms with Crippen LogP contribution in [0.4, 0.5) is 0 Å². The summed E-state index contributed by atoms with van der Waals surface area (Å²) in [5.41, 5.74) is 10.7. The van der Waals surface area contributed by atoms with E-state index in [9.17, 15) is 9.59 Å². The molecule has 6 heteroatoms. The van der Waals surface area contributed by atoms with Crippen LogP contribution in [-0.4, -0.2) is 36.1 Å². The molecule has 1 amide bonds. The molecular formula is C13H27N3O3. The molecule has 0 bridgehead atoms. The number of aliphatic carboxylic acids is 1. The zero-order valence-electron chi connectivity index (χ0n) is 11.6. The van der Waals surface area contributed by atoms with Crippen LogP contribution >= 0.6 is 0 Å². The molecule has 6 nitrogen and oxygen atoms in total. The van der Waals surface area contributed by atoms with Gasteiger partial charge in [0.1, 0.15) is 6.04 Å². The van der Waals surface area contributed by atoms with Crippen LogP contribution in [-0.2, 0) is 9.59 Å². The third kappa shape index (κ3) is 11.7. The van der Waals surface area contributed by atoms with E-state index >= 15 is 0 Å². The number of amides is 1. The van der Waals surface area contributed by atoms with E-state index in [-0.39, 0.29) is 5.91 Å². The monoisotopic (exact) mass is 273 g/mol. The molecule has 0 radical (unpaired) electrons. The fourth-order valence-corrected chi connectivity index (χ4v) is 1.71. The van der Waals surface area contributed by atoms with Gasteiger partial charge >= 0.3 is 5.97 Å². The van der Waals surface area contributed by atoms with Crippen molar-refractivity contribution in [3.8, 4) is 0 Å². The van der Waals surface area contributed by atoms with Crippen LogP contribution in [0.2, 0.25) is 0 Å². The Labute approximate surface area is 114 Å². The third-order valence-corrected chi connectivity index (χ3v) is 2.94. The molecule has 0 heterocycles. The summed E-state index contributed by atoms with van der Waals surface area (Å²) in [4.78, 5) is 21.9. The maximum atomic E-state index is 11.4. The Morgan fingerprint density at radius 1 is 1.05 bits per heavy atom. The Morgan fingerprint density at radius 3 is 2.37 bits per heavy atom. The summed E-state index contributed by atoms with van der Waals surface area (Å²) in [5.74, 6) is -0.906. The Kier molecular flexibility index (Phi) is 11.2. The molecule has 0 unspecified atom stereocenters. The Morgan fingerprint density at radius 2 is 1.74 bits per heavy atom. The highest BCUT2D eigenvalue weighted by molar-refractivity contribution is 5.75. The van der Waals surface area contributed by atoms with Gasteiger partial charge < -0.3 is 21.9 Å². The van der Waals surface area contributed by atoms with Crippen molar-refractivity contribution in [3.05, 3.63) is 0 Å². The van der Waals surface area contributed by atoms with Crippen molar-refractivity contribution in [1.82, 2.24) is 5.32 Å². The van der Waals surface area contributed by atoms with Crippen molar-refractivity contribution in [3.63, 3.8) is 0 Å².